The van der Waals surface area contributed by atoms with Crippen LogP contribution in [0.4, 0.5) is 14.5 Å². The molecule has 0 N–H and O–H groups in total. The maximum atomic E-state index is 13.0. The summed E-state index contributed by atoms with van der Waals surface area (Å²) in [4.78, 5) is 12.7. The minimum atomic E-state index is -0.987. The highest BCUT2D eigenvalue weighted by atomic mass is 19.2. The summed E-state index contributed by atoms with van der Waals surface area (Å²) < 4.78 is 31.0. The van der Waals surface area contributed by atoms with E-state index in [-0.39, 0.29) is 30.4 Å². The van der Waals surface area contributed by atoms with Crippen molar-refractivity contribution in [3.05, 3.63) is 23.8 Å². The molecule has 0 spiro atoms. The van der Waals surface area contributed by atoms with E-state index in [1.54, 1.807) is 0 Å². The first-order chi connectivity index (χ1) is 7.09. The molecule has 0 radical (unpaired) electrons. The van der Waals surface area contributed by atoms with Gasteiger partial charge >= 0.3 is 0 Å². The number of benzene rings is 1. The number of hydrogen-bond donors (Lipinski definition) is 0. The number of fused-ring (bicyclic) bond motifs is 1. The smallest absolute Gasteiger partial charge is 0.230 e. The number of amides is 1. The van der Waals surface area contributed by atoms with E-state index in [1.807, 2.05) is 0 Å². The van der Waals surface area contributed by atoms with Crippen molar-refractivity contribution >= 4 is 11.6 Å². The van der Waals surface area contributed by atoms with Gasteiger partial charge in [0.25, 0.3) is 0 Å². The van der Waals surface area contributed by atoms with Crippen molar-refractivity contribution in [1.29, 1.82) is 0 Å². The van der Waals surface area contributed by atoms with Crippen LogP contribution in [0, 0.1) is 11.6 Å². The van der Waals surface area contributed by atoms with Crippen LogP contribution in [0.2, 0.25) is 0 Å². The van der Waals surface area contributed by atoms with Crippen molar-refractivity contribution in [3.8, 4) is 5.75 Å². The molecule has 1 amide bonds. The average Bonchev–Trinajstić information content (AvgIpc) is 2.32. The Hall–Kier alpha value is -1.65. The summed E-state index contributed by atoms with van der Waals surface area (Å²) in [7, 11) is 1.51. The van der Waals surface area contributed by atoms with Crippen LogP contribution in [0.1, 0.15) is 6.42 Å². The number of rotatable bonds is 0. The molecular formula is C10H9F2NO2. The number of nitrogens with zero attached hydrogens (tertiary/aromatic N) is 1. The Morgan fingerprint density at radius 3 is 2.73 bits per heavy atom. The summed E-state index contributed by atoms with van der Waals surface area (Å²) in [6.07, 6.45) is 0.203. The molecule has 0 saturated carbocycles. The molecule has 1 aromatic rings. The lowest BCUT2D eigenvalue weighted by Crippen LogP contribution is -2.25. The molecule has 1 aliphatic heterocycles. The van der Waals surface area contributed by atoms with Crippen molar-refractivity contribution in [1.82, 2.24) is 0 Å². The van der Waals surface area contributed by atoms with E-state index in [0.717, 1.165) is 12.1 Å². The maximum absolute atomic E-state index is 13.0. The normalized spacial score (nSPS) is 15.7. The molecule has 1 heterocycles. The predicted molar refractivity (Wildman–Crippen MR) is 49.9 cm³/mol. The minimum Gasteiger partial charge on any atom is -0.491 e. The fourth-order valence-electron chi connectivity index (χ4n) is 1.45. The predicted octanol–water partition coefficient (Wildman–Crippen LogP) is 1.71. The third-order valence-corrected chi connectivity index (χ3v) is 2.31. The van der Waals surface area contributed by atoms with Gasteiger partial charge in [-0.05, 0) is 0 Å². The molecule has 0 unspecified atom stereocenters. The van der Waals surface area contributed by atoms with Crippen LogP contribution in [-0.2, 0) is 4.79 Å². The number of anilines is 1. The Balaban J connectivity index is 2.54. The highest BCUT2D eigenvalue weighted by Gasteiger charge is 2.22. The lowest BCUT2D eigenvalue weighted by atomic mass is 10.2. The van der Waals surface area contributed by atoms with Crippen LogP contribution in [0.5, 0.6) is 5.75 Å². The van der Waals surface area contributed by atoms with E-state index in [9.17, 15) is 13.6 Å². The summed E-state index contributed by atoms with van der Waals surface area (Å²) >= 11 is 0. The number of ether oxygens (including phenoxy) is 1. The Morgan fingerprint density at radius 1 is 1.33 bits per heavy atom. The topological polar surface area (TPSA) is 29.5 Å². The molecule has 15 heavy (non-hydrogen) atoms. The number of hydrogen-bond acceptors (Lipinski definition) is 2. The molecule has 1 aliphatic rings. The van der Waals surface area contributed by atoms with Crippen molar-refractivity contribution in [2.75, 3.05) is 18.6 Å². The van der Waals surface area contributed by atoms with Crippen molar-refractivity contribution in [3.63, 3.8) is 0 Å². The van der Waals surface area contributed by atoms with Gasteiger partial charge in [-0.3, -0.25) is 4.79 Å². The van der Waals surface area contributed by atoms with Gasteiger partial charge in [-0.15, -0.1) is 0 Å². The highest BCUT2D eigenvalue weighted by Crippen LogP contribution is 2.32. The summed E-state index contributed by atoms with van der Waals surface area (Å²) in [5.74, 6) is -1.95. The van der Waals surface area contributed by atoms with Crippen LogP contribution in [0.15, 0.2) is 12.1 Å². The quantitative estimate of drug-likeness (QED) is 0.656. The summed E-state index contributed by atoms with van der Waals surface area (Å²) in [5, 5.41) is 0. The summed E-state index contributed by atoms with van der Waals surface area (Å²) in [6.45, 7) is 0.182. The zero-order chi connectivity index (χ0) is 11.0. The van der Waals surface area contributed by atoms with Crippen LogP contribution in [0.25, 0.3) is 0 Å². The molecule has 0 bridgehead atoms. The van der Waals surface area contributed by atoms with Gasteiger partial charge in [0, 0.05) is 19.2 Å². The number of carbonyl (C=O) groups excluding carboxylic acids is 1. The monoisotopic (exact) mass is 213 g/mol. The zero-order valence-corrected chi connectivity index (χ0v) is 8.09. The number of halogens is 2. The van der Waals surface area contributed by atoms with Gasteiger partial charge in [0.2, 0.25) is 5.91 Å². The van der Waals surface area contributed by atoms with E-state index < -0.39 is 11.6 Å². The second-order valence-corrected chi connectivity index (χ2v) is 3.29. The van der Waals surface area contributed by atoms with Crippen LogP contribution >= 0.6 is 0 Å². The lowest BCUT2D eigenvalue weighted by molar-refractivity contribution is -0.118. The van der Waals surface area contributed by atoms with Gasteiger partial charge in [0.15, 0.2) is 11.6 Å². The Kier molecular flexibility index (Phi) is 2.30. The molecule has 0 fully saturated rings. The second-order valence-electron chi connectivity index (χ2n) is 3.29. The van der Waals surface area contributed by atoms with Gasteiger partial charge in [-0.25, -0.2) is 8.78 Å². The maximum Gasteiger partial charge on any atom is 0.230 e. The first-order valence-corrected chi connectivity index (χ1v) is 4.48. The zero-order valence-electron chi connectivity index (χ0n) is 8.09. The summed E-state index contributed by atoms with van der Waals surface area (Å²) in [5.41, 5.74) is 0.261. The Bertz CT molecular complexity index is 420. The molecule has 80 valence electrons. The van der Waals surface area contributed by atoms with E-state index in [2.05, 4.69) is 0 Å². The second kappa shape index (κ2) is 3.49. The Morgan fingerprint density at radius 2 is 2.00 bits per heavy atom. The van der Waals surface area contributed by atoms with Gasteiger partial charge < -0.3 is 9.64 Å². The molecule has 0 aromatic heterocycles. The van der Waals surface area contributed by atoms with Crippen molar-refractivity contribution in [2.45, 2.75) is 6.42 Å². The largest absolute Gasteiger partial charge is 0.491 e. The molecule has 1 aromatic carbocycles. The molecule has 5 heteroatoms. The molecule has 0 saturated heterocycles. The van der Waals surface area contributed by atoms with Crippen molar-refractivity contribution < 1.29 is 18.3 Å². The molecule has 3 nitrogen and oxygen atoms in total. The molecular weight excluding hydrogens is 204 g/mol. The third-order valence-electron chi connectivity index (χ3n) is 2.31. The number of carbonyl (C=O) groups is 1. The SMILES string of the molecule is CN1C(=O)CCOc2cc(F)c(F)cc21. The standard InChI is InChI=1S/C10H9F2NO2/c1-13-8-4-6(11)7(12)5-9(8)15-3-2-10(13)14/h4-5H,2-3H2,1H3. The Labute approximate surface area is 85.3 Å². The molecule has 2 rings (SSSR count). The lowest BCUT2D eigenvalue weighted by Gasteiger charge is -2.16. The van der Waals surface area contributed by atoms with Gasteiger partial charge in [0.05, 0.1) is 18.7 Å². The van der Waals surface area contributed by atoms with E-state index in [0.29, 0.717) is 0 Å². The van der Waals surface area contributed by atoms with E-state index in [4.69, 9.17) is 4.74 Å². The van der Waals surface area contributed by atoms with Crippen molar-refractivity contribution in [2.24, 2.45) is 0 Å². The third kappa shape index (κ3) is 1.65. The van der Waals surface area contributed by atoms with Crippen LogP contribution in [-0.4, -0.2) is 19.6 Å². The van der Waals surface area contributed by atoms with E-state index in [1.165, 1.54) is 11.9 Å². The minimum absolute atomic E-state index is 0.181. The summed E-state index contributed by atoms with van der Waals surface area (Å²) in [6, 6.07) is 1.92. The van der Waals surface area contributed by atoms with Gasteiger partial charge in [0.1, 0.15) is 5.75 Å². The molecule has 0 atom stereocenters. The first-order valence-electron chi connectivity index (χ1n) is 4.48. The van der Waals surface area contributed by atoms with E-state index >= 15 is 0 Å². The van der Waals surface area contributed by atoms with Crippen LogP contribution in [0.3, 0.4) is 0 Å². The van der Waals surface area contributed by atoms with Crippen LogP contribution < -0.4 is 9.64 Å². The highest BCUT2D eigenvalue weighted by molar-refractivity contribution is 5.95. The molecule has 0 aliphatic carbocycles. The van der Waals surface area contributed by atoms with Gasteiger partial charge in [-0.1, -0.05) is 0 Å². The fourth-order valence-corrected chi connectivity index (χ4v) is 1.45. The average molecular weight is 213 g/mol. The first kappa shape index (κ1) is 9.89. The fraction of sp³-hybridized carbons (Fsp3) is 0.300. The van der Waals surface area contributed by atoms with Gasteiger partial charge in [-0.2, -0.15) is 0 Å².